The lowest BCUT2D eigenvalue weighted by atomic mass is 10.1. The summed E-state index contributed by atoms with van der Waals surface area (Å²) in [5, 5.41) is 11.9. The van der Waals surface area contributed by atoms with Crippen LogP contribution in [0.1, 0.15) is 21.5 Å². The van der Waals surface area contributed by atoms with Crippen LogP contribution in [0.15, 0.2) is 33.7 Å². The molecule has 0 radical (unpaired) electrons. The van der Waals surface area contributed by atoms with Crippen LogP contribution in [-0.2, 0) is 11.9 Å². The zero-order chi connectivity index (χ0) is 20.4. The van der Waals surface area contributed by atoms with Gasteiger partial charge >= 0.3 is 0 Å². The molecule has 3 aromatic rings. The Morgan fingerprint density at radius 1 is 1.36 bits per heavy atom. The zero-order valence-corrected chi connectivity index (χ0v) is 15.6. The standard InChI is InChI=1S/C19H20FN3O5/c1-10-4-5-13(12(20)8-10)21-17-15(18(25)22-28-7-6-24)16-14(11(2)9-27-16)19(26)23(17)3/h4-5,8-9,21,24H,6-7H2,1-3H3,(H,22,25). The van der Waals surface area contributed by atoms with Crippen LogP contribution in [0.3, 0.4) is 0 Å². The van der Waals surface area contributed by atoms with E-state index in [2.05, 4.69) is 10.8 Å². The van der Waals surface area contributed by atoms with Crippen LogP contribution in [0, 0.1) is 19.7 Å². The second-order valence-electron chi connectivity index (χ2n) is 6.32. The first kappa shape index (κ1) is 19.6. The number of benzene rings is 1. The van der Waals surface area contributed by atoms with E-state index in [0.29, 0.717) is 5.56 Å². The summed E-state index contributed by atoms with van der Waals surface area (Å²) >= 11 is 0. The minimum absolute atomic E-state index is 0.0249. The maximum atomic E-state index is 14.3. The Labute approximate surface area is 159 Å². The molecule has 3 rings (SSSR count). The number of hydrogen-bond acceptors (Lipinski definition) is 6. The Balaban J connectivity index is 2.19. The number of furan rings is 1. The van der Waals surface area contributed by atoms with Crippen molar-refractivity contribution in [1.82, 2.24) is 10.0 Å². The number of hydrogen-bond donors (Lipinski definition) is 3. The Bertz CT molecular complexity index is 1100. The van der Waals surface area contributed by atoms with Gasteiger partial charge in [0.1, 0.15) is 17.2 Å². The van der Waals surface area contributed by atoms with Crippen LogP contribution in [-0.4, -0.2) is 28.8 Å². The van der Waals surface area contributed by atoms with Gasteiger partial charge in [-0.15, -0.1) is 0 Å². The Morgan fingerprint density at radius 3 is 2.79 bits per heavy atom. The third-order valence-corrected chi connectivity index (χ3v) is 4.26. The first-order chi connectivity index (χ1) is 13.3. The number of hydroxylamine groups is 1. The highest BCUT2D eigenvalue weighted by molar-refractivity contribution is 6.09. The number of carbonyl (C=O) groups is 1. The van der Waals surface area contributed by atoms with Crippen LogP contribution in [0.4, 0.5) is 15.9 Å². The molecule has 8 nitrogen and oxygen atoms in total. The maximum absolute atomic E-state index is 14.3. The van der Waals surface area contributed by atoms with Crippen molar-refractivity contribution in [3.63, 3.8) is 0 Å². The van der Waals surface area contributed by atoms with Gasteiger partial charge in [-0.25, -0.2) is 9.87 Å². The fourth-order valence-electron chi connectivity index (χ4n) is 2.86. The molecule has 28 heavy (non-hydrogen) atoms. The van der Waals surface area contributed by atoms with Crippen molar-refractivity contribution in [2.75, 3.05) is 18.5 Å². The Kier molecular flexibility index (Phi) is 5.48. The molecule has 0 saturated carbocycles. The predicted molar refractivity (Wildman–Crippen MR) is 101 cm³/mol. The van der Waals surface area contributed by atoms with Crippen molar-refractivity contribution in [3.05, 3.63) is 57.3 Å². The lowest BCUT2D eigenvalue weighted by molar-refractivity contribution is 0.0169. The molecule has 0 fully saturated rings. The summed E-state index contributed by atoms with van der Waals surface area (Å²) in [6.07, 6.45) is 1.37. The van der Waals surface area contributed by atoms with Gasteiger partial charge < -0.3 is 14.8 Å². The zero-order valence-electron chi connectivity index (χ0n) is 15.6. The van der Waals surface area contributed by atoms with Gasteiger partial charge in [0.15, 0.2) is 5.58 Å². The first-order valence-electron chi connectivity index (χ1n) is 8.52. The van der Waals surface area contributed by atoms with Crippen LogP contribution in [0.25, 0.3) is 11.0 Å². The molecule has 148 valence electrons. The molecule has 3 N–H and O–H groups in total. The molecular formula is C19H20FN3O5. The number of pyridine rings is 1. The molecule has 0 atom stereocenters. The summed E-state index contributed by atoms with van der Waals surface area (Å²) in [5.74, 6) is -1.20. The maximum Gasteiger partial charge on any atom is 0.282 e. The number of halogens is 1. The van der Waals surface area contributed by atoms with Crippen molar-refractivity contribution < 1.29 is 23.5 Å². The van der Waals surface area contributed by atoms with Crippen LogP contribution in [0.2, 0.25) is 0 Å². The monoisotopic (exact) mass is 389 g/mol. The highest BCUT2D eigenvalue weighted by Gasteiger charge is 2.25. The molecule has 2 aromatic heterocycles. The number of fused-ring (bicyclic) bond motifs is 1. The number of nitrogens with zero attached hydrogens (tertiary/aromatic N) is 1. The average molecular weight is 389 g/mol. The lowest BCUT2D eigenvalue weighted by Crippen LogP contribution is -2.30. The van der Waals surface area contributed by atoms with E-state index in [1.54, 1.807) is 19.9 Å². The topological polar surface area (TPSA) is 106 Å². The third-order valence-electron chi connectivity index (χ3n) is 4.26. The van der Waals surface area contributed by atoms with Gasteiger partial charge in [-0.1, -0.05) is 6.07 Å². The third kappa shape index (κ3) is 3.49. The van der Waals surface area contributed by atoms with E-state index >= 15 is 0 Å². The molecule has 1 amide bonds. The summed E-state index contributed by atoms with van der Waals surface area (Å²) in [6, 6.07) is 4.54. The summed E-state index contributed by atoms with van der Waals surface area (Å²) in [7, 11) is 1.47. The number of aryl methyl sites for hydroxylation is 2. The molecule has 0 aliphatic rings. The fourth-order valence-corrected chi connectivity index (χ4v) is 2.86. The van der Waals surface area contributed by atoms with Crippen LogP contribution in [0.5, 0.6) is 0 Å². The molecule has 9 heteroatoms. The number of anilines is 2. The minimum atomic E-state index is -0.710. The number of nitrogens with one attached hydrogen (secondary N) is 2. The molecular weight excluding hydrogens is 369 g/mol. The molecule has 0 unspecified atom stereocenters. The molecule has 0 aliphatic carbocycles. The number of carbonyl (C=O) groups excluding carboxylic acids is 1. The molecule has 0 aliphatic heterocycles. The van der Waals surface area contributed by atoms with Crippen molar-refractivity contribution in [1.29, 1.82) is 0 Å². The number of aromatic nitrogens is 1. The van der Waals surface area contributed by atoms with E-state index in [9.17, 15) is 14.0 Å². The van der Waals surface area contributed by atoms with Gasteiger partial charge in [-0.05, 0) is 31.5 Å². The van der Waals surface area contributed by atoms with Gasteiger partial charge in [0.25, 0.3) is 11.5 Å². The van der Waals surface area contributed by atoms with Crippen molar-refractivity contribution in [2.24, 2.45) is 7.05 Å². The number of aliphatic hydroxyl groups excluding tert-OH is 1. The van der Waals surface area contributed by atoms with Crippen molar-refractivity contribution >= 4 is 28.4 Å². The number of amides is 1. The predicted octanol–water partition coefficient (Wildman–Crippen LogP) is 2.28. The summed E-state index contributed by atoms with van der Waals surface area (Å²) < 4.78 is 21.0. The summed E-state index contributed by atoms with van der Waals surface area (Å²) in [5.41, 5.74) is 3.20. The van der Waals surface area contributed by atoms with Gasteiger partial charge in [0, 0.05) is 12.6 Å². The minimum Gasteiger partial charge on any atom is -0.463 e. The van der Waals surface area contributed by atoms with E-state index in [4.69, 9.17) is 14.4 Å². The molecule has 2 heterocycles. The fraction of sp³-hybridized carbons (Fsp3) is 0.263. The highest BCUT2D eigenvalue weighted by atomic mass is 19.1. The van der Waals surface area contributed by atoms with E-state index in [1.165, 1.54) is 30.0 Å². The lowest BCUT2D eigenvalue weighted by Gasteiger charge is -2.17. The normalized spacial score (nSPS) is 11.0. The largest absolute Gasteiger partial charge is 0.463 e. The van der Waals surface area contributed by atoms with Gasteiger partial charge in [0.2, 0.25) is 0 Å². The molecule has 0 spiro atoms. The smallest absolute Gasteiger partial charge is 0.282 e. The Hall–Kier alpha value is -3.17. The van der Waals surface area contributed by atoms with E-state index < -0.39 is 17.3 Å². The quantitative estimate of drug-likeness (QED) is 0.441. The second-order valence-corrected chi connectivity index (χ2v) is 6.32. The van der Waals surface area contributed by atoms with Gasteiger partial charge in [0.05, 0.1) is 30.6 Å². The molecule has 0 bridgehead atoms. The number of rotatable bonds is 6. The van der Waals surface area contributed by atoms with E-state index in [0.717, 1.165) is 5.56 Å². The van der Waals surface area contributed by atoms with Gasteiger partial charge in [-0.3, -0.25) is 19.0 Å². The molecule has 1 aromatic carbocycles. The highest BCUT2D eigenvalue weighted by Crippen LogP contribution is 2.29. The number of aliphatic hydroxyl groups is 1. The summed E-state index contributed by atoms with van der Waals surface area (Å²) in [4.78, 5) is 30.4. The SMILES string of the molecule is Cc1ccc(Nc2c(C(=O)NOCCO)c3occ(C)c3c(=O)n2C)c(F)c1. The van der Waals surface area contributed by atoms with Crippen LogP contribution < -0.4 is 16.4 Å². The van der Waals surface area contributed by atoms with Crippen molar-refractivity contribution in [3.8, 4) is 0 Å². The molecule has 0 saturated heterocycles. The van der Waals surface area contributed by atoms with Crippen molar-refractivity contribution in [2.45, 2.75) is 13.8 Å². The first-order valence-corrected chi connectivity index (χ1v) is 8.52. The average Bonchev–Trinajstić information content (AvgIpc) is 3.03. The van der Waals surface area contributed by atoms with Gasteiger partial charge in [-0.2, -0.15) is 0 Å². The van der Waals surface area contributed by atoms with Crippen LogP contribution >= 0.6 is 0 Å². The summed E-state index contributed by atoms with van der Waals surface area (Å²) in [6.45, 7) is 3.03. The van der Waals surface area contributed by atoms with E-state index in [-0.39, 0.29) is 41.3 Å². The Morgan fingerprint density at radius 2 is 2.11 bits per heavy atom. The second kappa shape index (κ2) is 7.83. The van der Waals surface area contributed by atoms with E-state index in [1.807, 2.05) is 0 Å².